The van der Waals surface area contributed by atoms with Crippen molar-refractivity contribution in [2.75, 3.05) is 27.2 Å². The van der Waals surface area contributed by atoms with E-state index in [2.05, 4.69) is 131 Å². The first-order chi connectivity index (χ1) is 27.6. The van der Waals surface area contributed by atoms with Crippen LogP contribution in [0.25, 0.3) is 0 Å². The van der Waals surface area contributed by atoms with Crippen LogP contribution in [-0.4, -0.2) is 111 Å². The maximum atomic E-state index is 12.1. The molecule has 0 saturated carbocycles. The van der Waals surface area contributed by atoms with Crippen molar-refractivity contribution in [3.8, 4) is 0 Å². The molecule has 2 aliphatic rings. The van der Waals surface area contributed by atoms with E-state index in [9.17, 15) is 9.59 Å². The Morgan fingerprint density at radius 2 is 1.23 bits per heavy atom. The quantitative estimate of drug-likeness (QED) is 0.198. The molecular formula is C44H77N13O3. The Hall–Kier alpha value is -4.47. The van der Waals surface area contributed by atoms with Gasteiger partial charge in [-0.05, 0) is 53.0 Å². The van der Waals surface area contributed by atoms with E-state index in [0.29, 0.717) is 12.5 Å². The van der Waals surface area contributed by atoms with E-state index >= 15 is 0 Å². The van der Waals surface area contributed by atoms with Crippen LogP contribution in [0.4, 0.5) is 4.79 Å². The van der Waals surface area contributed by atoms with E-state index in [1.807, 2.05) is 46.6 Å². The summed E-state index contributed by atoms with van der Waals surface area (Å²) < 4.78 is 10.3. The molecule has 4 aromatic heterocycles. The van der Waals surface area contributed by atoms with E-state index in [1.54, 1.807) is 36.9 Å². The van der Waals surface area contributed by atoms with Crippen molar-refractivity contribution in [1.82, 2.24) is 65.3 Å². The van der Waals surface area contributed by atoms with E-state index < -0.39 is 0 Å². The predicted octanol–water partition coefficient (Wildman–Crippen LogP) is 7.31. The molecule has 2 aliphatic heterocycles. The zero-order valence-corrected chi connectivity index (χ0v) is 40.0. The summed E-state index contributed by atoms with van der Waals surface area (Å²) >= 11 is 0. The highest BCUT2D eigenvalue weighted by Crippen LogP contribution is 2.25. The highest BCUT2D eigenvalue weighted by molar-refractivity contribution is 5.76. The fourth-order valence-electron chi connectivity index (χ4n) is 6.54. The second-order valence-electron chi connectivity index (χ2n) is 21.2. The summed E-state index contributed by atoms with van der Waals surface area (Å²) in [4.78, 5) is 26.9. The number of aromatic nitrogens is 10. The molecule has 2 fully saturated rings. The van der Waals surface area contributed by atoms with Gasteiger partial charge in [0.1, 0.15) is 12.0 Å². The van der Waals surface area contributed by atoms with Crippen LogP contribution in [-0.2, 0) is 45.1 Å². The lowest BCUT2D eigenvalue weighted by molar-refractivity contribution is -0.118. The van der Waals surface area contributed by atoms with Crippen LogP contribution in [0.5, 0.6) is 0 Å². The molecule has 16 nitrogen and oxygen atoms in total. The van der Waals surface area contributed by atoms with Crippen LogP contribution in [0.1, 0.15) is 159 Å². The molecule has 0 aliphatic carbocycles. The van der Waals surface area contributed by atoms with Gasteiger partial charge in [0.25, 0.3) is 0 Å². The Bertz CT molecular complexity index is 1890. The number of hydrogen-bond donors (Lipinski definition) is 1. The number of carbonyl (C=O) groups excluding carboxylic acids is 2. The topological polar surface area (TPSA) is 171 Å². The molecular weight excluding hydrogens is 759 g/mol. The van der Waals surface area contributed by atoms with Gasteiger partial charge < -0.3 is 19.6 Å². The van der Waals surface area contributed by atoms with Gasteiger partial charge in [0.05, 0.1) is 47.4 Å². The smallest absolute Gasteiger partial charge is 0.319 e. The molecule has 6 heterocycles. The lowest BCUT2D eigenvalue weighted by Gasteiger charge is -2.27. The normalized spacial score (nSPS) is 17.2. The molecule has 2 saturated heterocycles. The summed E-state index contributed by atoms with van der Waals surface area (Å²) in [6.45, 7) is 34.7. The van der Waals surface area contributed by atoms with Crippen molar-refractivity contribution in [3.05, 3.63) is 53.7 Å². The van der Waals surface area contributed by atoms with E-state index in [-0.39, 0.29) is 45.1 Å². The van der Waals surface area contributed by atoms with Crippen molar-refractivity contribution in [2.24, 2.45) is 0 Å². The van der Waals surface area contributed by atoms with Crippen LogP contribution in [0.2, 0.25) is 0 Å². The third kappa shape index (κ3) is 15.5. The SMILES string of the molecule is CC(=O)CC(C)(C)n1cc(C(C)(C)C)nn1.CC(C)(C)c1ccon1.CC(C)(C)c1cn(C[C@H]2CCCN2)nn1.CN(C)C(=O)N1CCC[C@@H]1Cn1cc(C(C)(C)C)nn1. The Kier molecular flexibility index (Phi) is 17.0. The summed E-state index contributed by atoms with van der Waals surface area (Å²) in [5.41, 5.74) is 3.92. The highest BCUT2D eigenvalue weighted by Gasteiger charge is 2.31. The standard InChI is InChI=1S/C14H25N5O.C12H21N3O.C11H20N4.C7H11NO/c1-14(2,3)12-10-18(16-15-12)9-11-7-6-8-19(11)13(20)17(4)5;1-9(16)7-12(5,6)15-8-10(13-14-15)11(2,3)4;1-11(2,3)10-8-15(14-13-10)7-9-5-4-6-12-9;1-7(2,3)6-4-5-9-8-6/h10-11H,6-9H2,1-5H3;8H,7H2,1-6H3;8-9,12H,4-7H2,1-3H3;4-5H,1-3H3/t11-;;9-;/m1.1./s1. The zero-order valence-electron chi connectivity index (χ0n) is 40.0. The maximum Gasteiger partial charge on any atom is 0.319 e. The van der Waals surface area contributed by atoms with Crippen molar-refractivity contribution >= 4 is 11.8 Å². The second-order valence-corrected chi connectivity index (χ2v) is 21.2. The molecule has 0 bridgehead atoms. The third-order valence-electron chi connectivity index (χ3n) is 10.4. The van der Waals surface area contributed by atoms with Gasteiger partial charge in [-0.15, -0.1) is 15.3 Å². The average Bonchev–Trinajstić information content (AvgIpc) is 3.96. The molecule has 6 rings (SSSR count). The van der Waals surface area contributed by atoms with E-state index in [4.69, 9.17) is 4.52 Å². The van der Waals surface area contributed by atoms with Crippen LogP contribution in [0.3, 0.4) is 0 Å². The number of rotatable bonds is 7. The van der Waals surface area contributed by atoms with Crippen LogP contribution in [0.15, 0.2) is 35.4 Å². The van der Waals surface area contributed by atoms with Gasteiger partial charge in [-0.2, -0.15) is 0 Å². The Morgan fingerprint density at radius 1 is 0.717 bits per heavy atom. The molecule has 16 heteroatoms. The number of amides is 2. The number of carbonyl (C=O) groups is 2. The minimum absolute atomic E-state index is 0.00701. The molecule has 0 spiro atoms. The molecule has 1 N–H and O–H groups in total. The molecule has 2 amide bonds. The van der Waals surface area contributed by atoms with Gasteiger partial charge in [0.2, 0.25) is 0 Å². The van der Waals surface area contributed by atoms with Crippen LogP contribution in [0, 0.1) is 0 Å². The number of urea groups is 1. The largest absolute Gasteiger partial charge is 0.364 e. The summed E-state index contributed by atoms with van der Waals surface area (Å²) in [6, 6.07) is 2.78. The number of ketones is 1. The first kappa shape index (κ1) is 49.9. The van der Waals surface area contributed by atoms with Gasteiger partial charge in [-0.1, -0.05) is 104 Å². The second kappa shape index (κ2) is 20.4. The lowest BCUT2D eigenvalue weighted by atomic mass is 9.92. The van der Waals surface area contributed by atoms with Crippen molar-refractivity contribution in [2.45, 2.75) is 188 Å². The highest BCUT2D eigenvalue weighted by atomic mass is 16.5. The third-order valence-corrected chi connectivity index (χ3v) is 10.4. The van der Waals surface area contributed by atoms with Gasteiger partial charge >= 0.3 is 6.03 Å². The van der Waals surface area contributed by atoms with E-state index in [0.717, 1.165) is 61.8 Å². The number of hydrogen-bond acceptors (Lipinski definition) is 11. The number of Topliss-reactive ketones (excluding diaryl/α,β-unsaturated/α-hetero) is 1. The molecule has 0 aromatic carbocycles. The van der Waals surface area contributed by atoms with Gasteiger partial charge in [-0.25, -0.2) is 9.48 Å². The molecule has 60 heavy (non-hydrogen) atoms. The summed E-state index contributed by atoms with van der Waals surface area (Å²) in [7, 11) is 3.59. The van der Waals surface area contributed by atoms with Crippen molar-refractivity contribution in [3.63, 3.8) is 0 Å². The summed E-state index contributed by atoms with van der Waals surface area (Å²) in [5, 5.41) is 32.4. The zero-order chi connectivity index (χ0) is 45.3. The predicted molar refractivity (Wildman–Crippen MR) is 236 cm³/mol. The van der Waals surface area contributed by atoms with Crippen LogP contribution >= 0.6 is 0 Å². The van der Waals surface area contributed by atoms with Gasteiger partial charge in [0, 0.05) is 79.4 Å². The van der Waals surface area contributed by atoms with Gasteiger partial charge in [0.15, 0.2) is 0 Å². The number of nitrogens with one attached hydrogen (secondary N) is 1. The average molecular weight is 836 g/mol. The minimum atomic E-state index is -0.303. The molecule has 336 valence electrons. The van der Waals surface area contributed by atoms with E-state index in [1.165, 1.54) is 12.8 Å². The molecule has 0 unspecified atom stereocenters. The Balaban J connectivity index is 0.000000220. The maximum absolute atomic E-state index is 12.1. The van der Waals surface area contributed by atoms with Crippen molar-refractivity contribution in [1.29, 1.82) is 0 Å². The number of likely N-dealkylation sites (tertiary alicyclic amines) is 1. The first-order valence-corrected chi connectivity index (χ1v) is 21.4. The van der Waals surface area contributed by atoms with Crippen molar-refractivity contribution < 1.29 is 14.1 Å². The fourth-order valence-corrected chi connectivity index (χ4v) is 6.54. The monoisotopic (exact) mass is 836 g/mol. The summed E-state index contributed by atoms with van der Waals surface area (Å²) in [5.74, 6) is 0.165. The van der Waals surface area contributed by atoms with Crippen LogP contribution < -0.4 is 5.32 Å². The Labute approximate surface area is 359 Å². The Morgan fingerprint density at radius 3 is 1.63 bits per heavy atom. The fraction of sp³-hybridized carbons (Fsp3) is 0.750. The summed E-state index contributed by atoms with van der Waals surface area (Å²) in [6.07, 6.45) is 12.7. The minimum Gasteiger partial charge on any atom is -0.364 e. The molecule has 0 radical (unpaired) electrons. The first-order valence-electron chi connectivity index (χ1n) is 21.4. The lowest BCUT2D eigenvalue weighted by Crippen LogP contribution is -2.43. The van der Waals surface area contributed by atoms with Gasteiger partial charge in [-0.3, -0.25) is 14.2 Å². The molecule has 4 aromatic rings. The number of nitrogens with zero attached hydrogens (tertiary/aromatic N) is 12. The molecule has 2 atom stereocenters.